The van der Waals surface area contributed by atoms with Crippen molar-refractivity contribution in [2.75, 3.05) is 13.2 Å². The van der Waals surface area contributed by atoms with E-state index >= 15 is 0 Å². The normalized spacial score (nSPS) is 25.3. The van der Waals surface area contributed by atoms with Crippen LogP contribution in [-0.4, -0.2) is 35.0 Å². The molecule has 1 aliphatic carbocycles. The summed E-state index contributed by atoms with van der Waals surface area (Å²) in [6.45, 7) is 2.73. The maximum Gasteiger partial charge on any atom is 0.306 e. The average Bonchev–Trinajstić information content (AvgIpc) is 2.47. The Morgan fingerprint density at radius 1 is 1.19 bits per heavy atom. The van der Waals surface area contributed by atoms with Crippen molar-refractivity contribution in [1.82, 2.24) is 0 Å². The fraction of sp³-hybridized carbons (Fsp3) is 0.562. The Morgan fingerprint density at radius 2 is 1.71 bits per heavy atom. The first kappa shape index (κ1) is 15.6. The Morgan fingerprint density at radius 3 is 2.19 bits per heavy atom. The van der Waals surface area contributed by atoms with E-state index in [1.54, 1.807) is 12.1 Å². The topological polar surface area (TPSA) is 76.0 Å². The lowest BCUT2D eigenvalue weighted by molar-refractivity contribution is -0.145. The predicted molar refractivity (Wildman–Crippen MR) is 77.6 cm³/mol. The van der Waals surface area contributed by atoms with Crippen molar-refractivity contribution in [1.29, 1.82) is 0 Å². The summed E-state index contributed by atoms with van der Waals surface area (Å²) in [6, 6.07) is 7.25. The molecule has 0 atom stereocenters. The number of hydrogen-bond acceptors (Lipinski definition) is 4. The molecular formula is C16H22O5. The highest BCUT2D eigenvalue weighted by atomic mass is 16.5. The van der Waals surface area contributed by atoms with Gasteiger partial charge in [0.25, 0.3) is 0 Å². The minimum Gasteiger partial charge on any atom is -0.494 e. The molecule has 2 N–H and O–H groups in total. The van der Waals surface area contributed by atoms with Gasteiger partial charge in [0, 0.05) is 0 Å². The molecule has 0 unspecified atom stereocenters. The minimum absolute atomic E-state index is 0.188. The lowest BCUT2D eigenvalue weighted by Gasteiger charge is -2.34. The maximum atomic E-state index is 10.9. The molecule has 1 aliphatic rings. The van der Waals surface area contributed by atoms with Crippen LogP contribution >= 0.6 is 0 Å². The zero-order valence-corrected chi connectivity index (χ0v) is 12.2. The van der Waals surface area contributed by atoms with E-state index in [1.165, 1.54) is 0 Å². The number of rotatable bonds is 6. The molecule has 0 bridgehead atoms. The smallest absolute Gasteiger partial charge is 0.306 e. The molecular weight excluding hydrogens is 272 g/mol. The number of hydrogen-bond donors (Lipinski definition) is 2. The van der Waals surface area contributed by atoms with E-state index in [9.17, 15) is 9.90 Å². The van der Waals surface area contributed by atoms with Crippen molar-refractivity contribution < 1.29 is 24.5 Å². The van der Waals surface area contributed by atoms with Crippen LogP contribution in [0.5, 0.6) is 11.5 Å². The number of carboxylic acids is 1. The summed E-state index contributed by atoms with van der Waals surface area (Å²) >= 11 is 0. The molecule has 1 aromatic carbocycles. The van der Waals surface area contributed by atoms with Gasteiger partial charge in [-0.2, -0.15) is 0 Å². The first-order valence-electron chi connectivity index (χ1n) is 7.33. The summed E-state index contributed by atoms with van der Waals surface area (Å²) in [6.07, 6.45) is 1.92. The highest BCUT2D eigenvalue weighted by Gasteiger charge is 2.36. The van der Waals surface area contributed by atoms with Gasteiger partial charge in [0.05, 0.1) is 18.1 Å². The van der Waals surface area contributed by atoms with Crippen LogP contribution in [0.2, 0.25) is 0 Å². The molecule has 1 fully saturated rings. The highest BCUT2D eigenvalue weighted by Crippen LogP contribution is 2.33. The number of benzene rings is 1. The van der Waals surface area contributed by atoms with Crippen LogP contribution in [0.25, 0.3) is 0 Å². The van der Waals surface area contributed by atoms with Crippen LogP contribution in [0, 0.1) is 5.92 Å². The van der Waals surface area contributed by atoms with Gasteiger partial charge in [0.2, 0.25) is 0 Å². The van der Waals surface area contributed by atoms with Gasteiger partial charge in [-0.1, -0.05) is 0 Å². The maximum absolute atomic E-state index is 10.9. The van der Waals surface area contributed by atoms with E-state index in [1.807, 2.05) is 19.1 Å². The summed E-state index contributed by atoms with van der Waals surface area (Å²) in [7, 11) is 0. The summed E-state index contributed by atoms with van der Waals surface area (Å²) in [5.74, 6) is 0.345. The molecule has 0 heterocycles. The molecule has 0 aromatic heterocycles. The molecule has 5 heteroatoms. The van der Waals surface area contributed by atoms with Gasteiger partial charge in [0.15, 0.2) is 0 Å². The second-order valence-electron chi connectivity index (χ2n) is 5.53. The van der Waals surface area contributed by atoms with Gasteiger partial charge >= 0.3 is 5.97 Å². The number of carboxylic acid groups (broad SMARTS) is 1. The third-order valence-electron chi connectivity index (χ3n) is 3.91. The number of carbonyl (C=O) groups is 1. The highest BCUT2D eigenvalue weighted by molar-refractivity contribution is 5.70. The van der Waals surface area contributed by atoms with E-state index in [4.69, 9.17) is 14.6 Å². The Balaban J connectivity index is 1.83. The Kier molecular flexibility index (Phi) is 5.07. The van der Waals surface area contributed by atoms with Crippen LogP contribution in [0.4, 0.5) is 0 Å². The Hall–Kier alpha value is -1.75. The van der Waals surface area contributed by atoms with Crippen LogP contribution in [0.15, 0.2) is 24.3 Å². The third kappa shape index (κ3) is 4.36. The second kappa shape index (κ2) is 6.80. The van der Waals surface area contributed by atoms with Crippen LogP contribution in [0.1, 0.15) is 32.6 Å². The monoisotopic (exact) mass is 294 g/mol. The van der Waals surface area contributed by atoms with E-state index in [-0.39, 0.29) is 12.5 Å². The van der Waals surface area contributed by atoms with Gasteiger partial charge < -0.3 is 19.7 Å². The minimum atomic E-state index is -0.926. The van der Waals surface area contributed by atoms with E-state index in [2.05, 4.69) is 0 Å². The number of aliphatic carboxylic acids is 1. The van der Waals surface area contributed by atoms with Crippen molar-refractivity contribution in [3.05, 3.63) is 24.3 Å². The summed E-state index contributed by atoms with van der Waals surface area (Å²) in [5, 5.41) is 19.4. The zero-order chi connectivity index (χ0) is 15.3. The zero-order valence-electron chi connectivity index (χ0n) is 12.2. The summed E-state index contributed by atoms with van der Waals surface area (Å²) in [4.78, 5) is 10.9. The van der Waals surface area contributed by atoms with Gasteiger partial charge in [-0.15, -0.1) is 0 Å². The first-order chi connectivity index (χ1) is 10.0. The average molecular weight is 294 g/mol. The molecule has 5 nitrogen and oxygen atoms in total. The van der Waals surface area contributed by atoms with Gasteiger partial charge in [0.1, 0.15) is 18.1 Å². The lowest BCUT2D eigenvalue weighted by atomic mass is 9.79. The van der Waals surface area contributed by atoms with Crippen LogP contribution in [-0.2, 0) is 4.79 Å². The predicted octanol–water partition coefficient (Wildman–Crippen LogP) is 2.47. The summed E-state index contributed by atoms with van der Waals surface area (Å²) in [5.41, 5.74) is -0.926. The molecule has 0 amide bonds. The molecule has 0 saturated heterocycles. The molecule has 2 rings (SSSR count). The Bertz CT molecular complexity index is 460. The first-order valence-corrected chi connectivity index (χ1v) is 7.33. The van der Waals surface area contributed by atoms with Crippen LogP contribution in [0.3, 0.4) is 0 Å². The van der Waals surface area contributed by atoms with E-state index in [0.717, 1.165) is 5.75 Å². The quantitative estimate of drug-likeness (QED) is 0.843. The molecule has 21 heavy (non-hydrogen) atoms. The van der Waals surface area contributed by atoms with Gasteiger partial charge in [-0.25, -0.2) is 0 Å². The molecule has 116 valence electrons. The lowest BCUT2D eigenvalue weighted by Crippen LogP contribution is -2.41. The van der Waals surface area contributed by atoms with Crippen molar-refractivity contribution in [2.24, 2.45) is 5.92 Å². The molecule has 1 aromatic rings. The largest absolute Gasteiger partial charge is 0.494 e. The number of aliphatic hydroxyl groups is 1. The fourth-order valence-corrected chi connectivity index (χ4v) is 2.56. The second-order valence-corrected chi connectivity index (χ2v) is 5.53. The van der Waals surface area contributed by atoms with E-state index in [0.29, 0.717) is 38.0 Å². The standard InChI is InChI=1S/C16H22O5/c1-2-20-13-3-5-14(6-4-13)21-11-16(19)9-7-12(8-10-16)15(17)18/h3-6,12,19H,2,7-11H2,1H3,(H,17,18). The van der Waals surface area contributed by atoms with Crippen molar-refractivity contribution in [3.8, 4) is 11.5 Å². The van der Waals surface area contributed by atoms with Crippen LogP contribution < -0.4 is 9.47 Å². The number of ether oxygens (including phenoxy) is 2. The molecule has 0 spiro atoms. The van der Waals surface area contributed by atoms with E-state index < -0.39 is 11.6 Å². The van der Waals surface area contributed by atoms with Gasteiger partial charge in [-0.3, -0.25) is 4.79 Å². The summed E-state index contributed by atoms with van der Waals surface area (Å²) < 4.78 is 11.0. The third-order valence-corrected chi connectivity index (χ3v) is 3.91. The SMILES string of the molecule is CCOc1ccc(OCC2(O)CCC(C(=O)O)CC2)cc1. The van der Waals surface area contributed by atoms with Gasteiger partial charge in [-0.05, 0) is 56.9 Å². The fourth-order valence-electron chi connectivity index (χ4n) is 2.56. The molecule has 1 saturated carbocycles. The van der Waals surface area contributed by atoms with Crippen molar-refractivity contribution in [3.63, 3.8) is 0 Å². The molecule has 0 aliphatic heterocycles. The Labute approximate surface area is 124 Å². The van der Waals surface area contributed by atoms with Crippen molar-refractivity contribution >= 4 is 5.97 Å². The van der Waals surface area contributed by atoms with Crippen molar-refractivity contribution in [2.45, 2.75) is 38.2 Å². The molecule has 0 radical (unpaired) electrons.